The van der Waals surface area contributed by atoms with E-state index < -0.39 is 21.9 Å². The van der Waals surface area contributed by atoms with Gasteiger partial charge in [0.05, 0.1) is 9.77 Å². The van der Waals surface area contributed by atoms with E-state index in [1.807, 2.05) is 0 Å². The van der Waals surface area contributed by atoms with Crippen LogP contribution in [-0.2, 0) is 23.2 Å². The van der Waals surface area contributed by atoms with Crippen molar-refractivity contribution in [3.8, 4) is 10.4 Å². The summed E-state index contributed by atoms with van der Waals surface area (Å²) in [5, 5.41) is 0. The van der Waals surface area contributed by atoms with Gasteiger partial charge >= 0.3 is 6.18 Å². The second-order valence-corrected chi connectivity index (χ2v) is 7.95. The maximum Gasteiger partial charge on any atom is 0.432 e. The molecule has 3 rings (SSSR count). The Hall–Kier alpha value is -2.39. The minimum atomic E-state index is -4.65. The first kappa shape index (κ1) is 18.4. The van der Waals surface area contributed by atoms with Gasteiger partial charge in [-0.15, -0.1) is 4.40 Å². The number of sulfonamides is 1. The fraction of sp³-hybridized carbons (Fsp3) is 0.118. The van der Waals surface area contributed by atoms with Crippen molar-refractivity contribution in [3.05, 3.63) is 71.2 Å². The van der Waals surface area contributed by atoms with Gasteiger partial charge < -0.3 is 4.57 Å². The van der Waals surface area contributed by atoms with Crippen LogP contribution in [0, 0.1) is 0 Å². The second kappa shape index (κ2) is 6.73. The number of rotatable bonds is 3. The van der Waals surface area contributed by atoms with E-state index in [9.17, 15) is 21.6 Å². The molecule has 0 aliphatic heterocycles. The summed E-state index contributed by atoms with van der Waals surface area (Å²) in [5.41, 5.74) is -0.588. The molecule has 9 heteroatoms. The van der Waals surface area contributed by atoms with Crippen LogP contribution in [0.25, 0.3) is 10.4 Å². The third-order valence-corrected chi connectivity index (χ3v) is 6.15. The first-order chi connectivity index (χ1) is 12.2. The Balaban J connectivity index is 2.26. The van der Waals surface area contributed by atoms with Crippen LogP contribution in [0.4, 0.5) is 13.2 Å². The van der Waals surface area contributed by atoms with Gasteiger partial charge in [0.15, 0.2) is 0 Å². The van der Waals surface area contributed by atoms with E-state index in [0.29, 0.717) is 16.9 Å². The van der Waals surface area contributed by atoms with Crippen LogP contribution in [-0.4, -0.2) is 13.0 Å². The lowest BCUT2D eigenvalue weighted by Gasteiger charge is -2.10. The van der Waals surface area contributed by atoms with Gasteiger partial charge in [0.25, 0.3) is 10.0 Å². The Labute approximate surface area is 151 Å². The summed E-state index contributed by atoms with van der Waals surface area (Å²) in [5.74, 6) is 0. The van der Waals surface area contributed by atoms with Gasteiger partial charge in [0.2, 0.25) is 4.80 Å². The van der Waals surface area contributed by atoms with Gasteiger partial charge in [-0.25, -0.2) is 0 Å². The molecule has 136 valence electrons. The molecule has 0 aliphatic carbocycles. The Bertz CT molecular complexity index is 1080. The first-order valence-electron chi connectivity index (χ1n) is 7.38. The molecule has 0 radical (unpaired) electrons. The maximum atomic E-state index is 13.6. The predicted octanol–water partition coefficient (Wildman–Crippen LogP) is 4.06. The Morgan fingerprint density at radius 1 is 0.962 bits per heavy atom. The van der Waals surface area contributed by atoms with Crippen molar-refractivity contribution >= 4 is 21.4 Å². The van der Waals surface area contributed by atoms with Crippen LogP contribution >= 0.6 is 11.3 Å². The molecule has 0 fully saturated rings. The molecular formula is C17H13F3N2O2S2. The lowest BCUT2D eigenvalue weighted by atomic mass is 10.1. The molecule has 2 aromatic carbocycles. The molecular weight excluding hydrogens is 385 g/mol. The van der Waals surface area contributed by atoms with Crippen molar-refractivity contribution in [1.82, 2.24) is 4.57 Å². The molecule has 26 heavy (non-hydrogen) atoms. The molecule has 0 amide bonds. The number of hydrogen-bond acceptors (Lipinski definition) is 3. The Morgan fingerprint density at radius 3 is 2.04 bits per heavy atom. The maximum absolute atomic E-state index is 13.6. The lowest BCUT2D eigenvalue weighted by Crippen LogP contribution is -2.20. The molecule has 0 bridgehead atoms. The largest absolute Gasteiger partial charge is 0.432 e. The highest BCUT2D eigenvalue weighted by atomic mass is 32.2. The predicted molar refractivity (Wildman–Crippen MR) is 92.9 cm³/mol. The third kappa shape index (κ3) is 3.58. The zero-order valence-electron chi connectivity index (χ0n) is 13.4. The van der Waals surface area contributed by atoms with E-state index in [1.165, 1.54) is 36.4 Å². The SMILES string of the molecule is Cn1c(C(F)(F)F)c(-c2ccccc2)s/c1=N\S(=O)(=O)c1ccccc1. The molecule has 1 heterocycles. The van der Waals surface area contributed by atoms with E-state index >= 15 is 0 Å². The van der Waals surface area contributed by atoms with Gasteiger partial charge in [0.1, 0.15) is 5.69 Å². The fourth-order valence-electron chi connectivity index (χ4n) is 2.39. The van der Waals surface area contributed by atoms with E-state index in [-0.39, 0.29) is 14.6 Å². The highest BCUT2D eigenvalue weighted by Crippen LogP contribution is 2.38. The number of hydrogen-bond donors (Lipinski definition) is 0. The third-order valence-electron chi connectivity index (χ3n) is 3.57. The Kier molecular flexibility index (Phi) is 4.76. The average molecular weight is 398 g/mol. The standard InChI is InChI=1S/C17H13F3N2O2S2/c1-22-15(17(18,19)20)14(12-8-4-2-5-9-12)25-16(22)21-26(23,24)13-10-6-3-7-11-13/h2-11H,1H3/b21-16-. The topological polar surface area (TPSA) is 51.4 Å². The van der Waals surface area contributed by atoms with Gasteiger partial charge in [-0.2, -0.15) is 21.6 Å². The summed E-state index contributed by atoms with van der Waals surface area (Å²) >= 11 is 0.685. The van der Waals surface area contributed by atoms with E-state index in [1.54, 1.807) is 24.3 Å². The second-order valence-electron chi connectivity index (χ2n) is 5.36. The number of aromatic nitrogens is 1. The summed E-state index contributed by atoms with van der Waals surface area (Å²) < 4.78 is 69.9. The first-order valence-corrected chi connectivity index (χ1v) is 9.64. The van der Waals surface area contributed by atoms with Gasteiger partial charge in [0, 0.05) is 7.05 Å². The van der Waals surface area contributed by atoms with Crippen LogP contribution in [0.5, 0.6) is 0 Å². The van der Waals surface area contributed by atoms with Crippen molar-refractivity contribution in [1.29, 1.82) is 0 Å². The molecule has 0 unspecified atom stereocenters. The van der Waals surface area contributed by atoms with Crippen molar-refractivity contribution in [2.24, 2.45) is 11.4 Å². The molecule has 0 N–H and O–H groups in total. The number of alkyl halides is 3. The van der Waals surface area contributed by atoms with Crippen LogP contribution in [0.3, 0.4) is 0 Å². The molecule has 1 aromatic heterocycles. The number of nitrogens with zero attached hydrogens (tertiary/aromatic N) is 2. The fourth-order valence-corrected chi connectivity index (χ4v) is 4.78. The van der Waals surface area contributed by atoms with Crippen molar-refractivity contribution in [2.75, 3.05) is 0 Å². The van der Waals surface area contributed by atoms with Gasteiger partial charge in [-0.3, -0.25) is 0 Å². The zero-order valence-corrected chi connectivity index (χ0v) is 15.1. The molecule has 4 nitrogen and oxygen atoms in total. The van der Waals surface area contributed by atoms with Crippen molar-refractivity contribution in [2.45, 2.75) is 11.1 Å². The van der Waals surface area contributed by atoms with Gasteiger partial charge in [-0.1, -0.05) is 59.9 Å². The van der Waals surface area contributed by atoms with E-state index in [0.717, 1.165) is 11.6 Å². The summed E-state index contributed by atoms with van der Waals surface area (Å²) in [4.78, 5) is -0.411. The monoisotopic (exact) mass is 398 g/mol. The number of thiazole rings is 1. The highest BCUT2D eigenvalue weighted by molar-refractivity contribution is 7.90. The molecule has 3 aromatic rings. The van der Waals surface area contributed by atoms with Crippen LogP contribution in [0.1, 0.15) is 5.69 Å². The summed E-state index contributed by atoms with van der Waals surface area (Å²) in [6, 6.07) is 15.4. The average Bonchev–Trinajstić information content (AvgIpc) is 2.93. The minimum Gasteiger partial charge on any atom is -0.315 e. The number of benzene rings is 2. The van der Waals surface area contributed by atoms with Crippen LogP contribution in [0.2, 0.25) is 0 Å². The molecule has 0 atom stereocenters. The summed E-state index contributed by atoms with van der Waals surface area (Å²) in [6.45, 7) is 0. The van der Waals surface area contributed by atoms with Crippen LogP contribution < -0.4 is 4.80 Å². The minimum absolute atomic E-state index is 0.0804. The Morgan fingerprint density at radius 2 is 1.50 bits per heavy atom. The van der Waals surface area contributed by atoms with E-state index in [4.69, 9.17) is 0 Å². The van der Waals surface area contributed by atoms with Crippen molar-refractivity contribution in [3.63, 3.8) is 0 Å². The molecule has 0 saturated carbocycles. The molecule has 0 saturated heterocycles. The normalized spacial score (nSPS) is 13.2. The quantitative estimate of drug-likeness (QED) is 0.668. The zero-order chi connectivity index (χ0) is 18.9. The highest BCUT2D eigenvalue weighted by Gasteiger charge is 2.38. The molecule has 0 spiro atoms. The summed E-state index contributed by atoms with van der Waals surface area (Å²) in [6.07, 6.45) is -4.65. The molecule has 0 aliphatic rings. The van der Waals surface area contributed by atoms with Gasteiger partial charge in [-0.05, 0) is 17.7 Å². The van der Waals surface area contributed by atoms with Crippen LogP contribution in [0.15, 0.2) is 70.0 Å². The lowest BCUT2D eigenvalue weighted by molar-refractivity contribution is -0.142. The van der Waals surface area contributed by atoms with E-state index in [2.05, 4.69) is 4.40 Å². The summed E-state index contributed by atoms with van der Waals surface area (Å²) in [7, 11) is -2.96. The van der Waals surface area contributed by atoms with Crippen molar-refractivity contribution < 1.29 is 21.6 Å². The smallest absolute Gasteiger partial charge is 0.315 e. The number of halogens is 3.